The summed E-state index contributed by atoms with van der Waals surface area (Å²) in [4.78, 5) is 11.1. The molecule has 1 atom stereocenters. The van der Waals surface area contributed by atoms with Gasteiger partial charge in [0.15, 0.2) is 0 Å². The summed E-state index contributed by atoms with van der Waals surface area (Å²) >= 11 is 0. The molecule has 1 aliphatic heterocycles. The molecule has 0 bridgehead atoms. The van der Waals surface area contributed by atoms with E-state index < -0.39 is 0 Å². The van der Waals surface area contributed by atoms with E-state index in [0.717, 1.165) is 29.6 Å². The molecule has 4 nitrogen and oxygen atoms in total. The van der Waals surface area contributed by atoms with Crippen LogP contribution in [0.15, 0.2) is 55.0 Å². The number of phenols is 1. The van der Waals surface area contributed by atoms with E-state index >= 15 is 0 Å². The Kier molecular flexibility index (Phi) is 4.13. The average Bonchev–Trinajstić information content (AvgIpc) is 2.66. The minimum atomic E-state index is 0.0189. The van der Waals surface area contributed by atoms with Gasteiger partial charge in [-0.2, -0.15) is 0 Å². The van der Waals surface area contributed by atoms with Gasteiger partial charge in [-0.1, -0.05) is 30.7 Å². The first-order chi connectivity index (χ1) is 11.8. The van der Waals surface area contributed by atoms with Gasteiger partial charge in [0.1, 0.15) is 11.3 Å². The maximum absolute atomic E-state index is 10.9. The molecule has 0 unspecified atom stereocenters. The highest BCUT2D eigenvalue weighted by molar-refractivity contribution is 5.85. The van der Waals surface area contributed by atoms with Crippen molar-refractivity contribution >= 4 is 10.9 Å². The smallest absolute Gasteiger partial charge is 0.146 e. The number of aromatic hydroxyl groups is 1. The van der Waals surface area contributed by atoms with Crippen molar-refractivity contribution < 1.29 is 5.11 Å². The molecule has 0 saturated carbocycles. The molecule has 2 aromatic heterocycles. The molecule has 1 N–H and O–H groups in total. The van der Waals surface area contributed by atoms with E-state index in [0.29, 0.717) is 5.52 Å². The van der Waals surface area contributed by atoms with Crippen molar-refractivity contribution in [1.82, 2.24) is 14.9 Å². The van der Waals surface area contributed by atoms with Crippen molar-refractivity contribution in [2.45, 2.75) is 25.3 Å². The Hall–Kier alpha value is -2.46. The van der Waals surface area contributed by atoms with Crippen molar-refractivity contribution in [3.63, 3.8) is 0 Å². The monoisotopic (exact) mass is 319 g/mol. The van der Waals surface area contributed by atoms with E-state index in [1.54, 1.807) is 12.4 Å². The summed E-state index contributed by atoms with van der Waals surface area (Å²) in [6, 6.07) is 12.0. The number of nitrogens with zero attached hydrogens (tertiary/aromatic N) is 3. The minimum absolute atomic E-state index is 0.0189. The number of hydrogen-bond donors (Lipinski definition) is 1. The Morgan fingerprint density at radius 2 is 1.79 bits per heavy atom. The summed E-state index contributed by atoms with van der Waals surface area (Å²) in [7, 11) is 0. The zero-order valence-electron chi connectivity index (χ0n) is 13.6. The molecular formula is C20H21N3O. The lowest BCUT2D eigenvalue weighted by Crippen LogP contribution is -2.34. The minimum Gasteiger partial charge on any atom is -0.505 e. The number of benzene rings is 1. The van der Waals surface area contributed by atoms with Gasteiger partial charge in [-0.3, -0.25) is 14.9 Å². The van der Waals surface area contributed by atoms with Crippen LogP contribution in [0.5, 0.6) is 5.75 Å². The highest BCUT2D eigenvalue weighted by Gasteiger charge is 2.27. The lowest BCUT2D eigenvalue weighted by Gasteiger charge is -2.35. The number of aromatic nitrogens is 2. The second-order valence-corrected chi connectivity index (χ2v) is 6.36. The fourth-order valence-electron chi connectivity index (χ4n) is 3.67. The topological polar surface area (TPSA) is 49.3 Å². The van der Waals surface area contributed by atoms with Crippen LogP contribution in [-0.2, 0) is 0 Å². The first-order valence-electron chi connectivity index (χ1n) is 8.55. The molecule has 0 amide bonds. The van der Waals surface area contributed by atoms with Crippen molar-refractivity contribution in [2.24, 2.45) is 0 Å². The third-order valence-electron chi connectivity index (χ3n) is 4.83. The summed E-state index contributed by atoms with van der Waals surface area (Å²) in [6.07, 6.45) is 9.10. The molecule has 1 aliphatic rings. The molecule has 0 radical (unpaired) electrons. The van der Waals surface area contributed by atoms with Crippen LogP contribution in [-0.4, -0.2) is 33.1 Å². The highest BCUT2D eigenvalue weighted by atomic mass is 16.3. The van der Waals surface area contributed by atoms with Crippen LogP contribution < -0.4 is 0 Å². The molecule has 3 aromatic rings. The molecule has 4 rings (SSSR count). The van der Waals surface area contributed by atoms with Crippen LogP contribution in [0.2, 0.25) is 0 Å². The number of likely N-dealkylation sites (tertiary alicyclic amines) is 1. The molecule has 0 spiro atoms. The lowest BCUT2D eigenvalue weighted by molar-refractivity contribution is 0.185. The summed E-state index contributed by atoms with van der Waals surface area (Å²) in [6.45, 7) is 2.08. The Morgan fingerprint density at radius 1 is 0.958 bits per heavy atom. The summed E-state index contributed by atoms with van der Waals surface area (Å²) in [5.41, 5.74) is 2.70. The first kappa shape index (κ1) is 15.1. The van der Waals surface area contributed by atoms with Crippen molar-refractivity contribution in [3.05, 3.63) is 66.1 Å². The van der Waals surface area contributed by atoms with E-state index in [9.17, 15) is 5.11 Å². The van der Waals surface area contributed by atoms with Gasteiger partial charge in [-0.05, 0) is 43.6 Å². The van der Waals surface area contributed by atoms with E-state index in [1.165, 1.54) is 19.3 Å². The van der Waals surface area contributed by atoms with Crippen LogP contribution in [0.1, 0.15) is 36.4 Å². The maximum Gasteiger partial charge on any atom is 0.146 e. The standard InChI is InChI=1S/C20H21N3O/c24-20-17(9-8-15-6-5-11-22-18(15)20)19(16-7-4-10-21-14-16)23-12-2-1-3-13-23/h4-11,14,19,24H,1-3,12-13H2/t19-/m0/s1. The maximum atomic E-state index is 10.9. The van der Waals surface area contributed by atoms with Crippen LogP contribution in [0.25, 0.3) is 10.9 Å². The van der Waals surface area contributed by atoms with Crippen molar-refractivity contribution in [3.8, 4) is 5.75 Å². The van der Waals surface area contributed by atoms with Crippen LogP contribution in [0.4, 0.5) is 0 Å². The Morgan fingerprint density at radius 3 is 2.58 bits per heavy atom. The number of rotatable bonds is 3. The second kappa shape index (κ2) is 6.57. The SMILES string of the molecule is Oc1c([C@H](c2cccnc2)N2CCCCC2)ccc2cccnc12. The Balaban J connectivity index is 1.85. The quantitative estimate of drug-likeness (QED) is 0.795. The molecule has 24 heavy (non-hydrogen) atoms. The molecule has 1 saturated heterocycles. The van der Waals surface area contributed by atoms with Gasteiger partial charge in [-0.25, -0.2) is 0 Å². The summed E-state index contributed by atoms with van der Waals surface area (Å²) < 4.78 is 0. The predicted octanol–water partition coefficient (Wildman–Crippen LogP) is 3.91. The zero-order chi connectivity index (χ0) is 16.4. The largest absolute Gasteiger partial charge is 0.505 e. The van der Waals surface area contributed by atoms with Crippen LogP contribution in [0.3, 0.4) is 0 Å². The van der Waals surface area contributed by atoms with E-state index in [-0.39, 0.29) is 11.8 Å². The molecular weight excluding hydrogens is 298 g/mol. The number of phenolic OH excluding ortho intramolecular Hbond substituents is 1. The molecule has 122 valence electrons. The predicted molar refractivity (Wildman–Crippen MR) is 94.9 cm³/mol. The lowest BCUT2D eigenvalue weighted by atomic mass is 9.94. The normalized spacial score (nSPS) is 17.0. The third kappa shape index (κ3) is 2.74. The molecule has 0 aliphatic carbocycles. The van der Waals surface area contributed by atoms with E-state index in [4.69, 9.17) is 0 Å². The zero-order valence-corrected chi connectivity index (χ0v) is 13.6. The van der Waals surface area contributed by atoms with Gasteiger partial charge >= 0.3 is 0 Å². The van der Waals surface area contributed by atoms with E-state index in [2.05, 4.69) is 20.9 Å². The van der Waals surface area contributed by atoms with Crippen LogP contribution in [0, 0.1) is 0 Å². The van der Waals surface area contributed by atoms with Gasteiger partial charge < -0.3 is 5.11 Å². The number of hydrogen-bond acceptors (Lipinski definition) is 4. The Bertz CT molecular complexity index is 829. The van der Waals surface area contributed by atoms with Gasteiger partial charge in [0, 0.05) is 29.5 Å². The number of pyridine rings is 2. The van der Waals surface area contributed by atoms with Crippen molar-refractivity contribution in [1.29, 1.82) is 0 Å². The Labute approximate surface area is 141 Å². The van der Waals surface area contributed by atoms with Gasteiger partial charge in [-0.15, -0.1) is 0 Å². The molecule has 3 heterocycles. The van der Waals surface area contributed by atoms with E-state index in [1.807, 2.05) is 36.5 Å². The fourth-order valence-corrected chi connectivity index (χ4v) is 3.67. The van der Waals surface area contributed by atoms with Gasteiger partial charge in [0.25, 0.3) is 0 Å². The van der Waals surface area contributed by atoms with Gasteiger partial charge in [0.05, 0.1) is 6.04 Å². The molecule has 1 aromatic carbocycles. The number of fused-ring (bicyclic) bond motifs is 1. The van der Waals surface area contributed by atoms with Crippen molar-refractivity contribution in [2.75, 3.05) is 13.1 Å². The highest BCUT2D eigenvalue weighted by Crippen LogP contribution is 2.38. The molecule has 1 fully saturated rings. The second-order valence-electron chi connectivity index (χ2n) is 6.36. The average molecular weight is 319 g/mol. The summed E-state index contributed by atoms with van der Waals surface area (Å²) in [5.74, 6) is 0.285. The number of piperidine rings is 1. The first-order valence-corrected chi connectivity index (χ1v) is 8.55. The fraction of sp³-hybridized carbons (Fsp3) is 0.300. The van der Waals surface area contributed by atoms with Crippen LogP contribution >= 0.6 is 0 Å². The molecule has 4 heteroatoms. The van der Waals surface area contributed by atoms with Gasteiger partial charge in [0.2, 0.25) is 0 Å². The third-order valence-corrected chi connectivity index (χ3v) is 4.83. The summed E-state index contributed by atoms with van der Waals surface area (Å²) in [5, 5.41) is 11.9.